The Hall–Kier alpha value is -1.32. The summed E-state index contributed by atoms with van der Waals surface area (Å²) in [7, 11) is 2.02. The van der Waals surface area contributed by atoms with Crippen LogP contribution in [0.4, 0.5) is 0 Å². The van der Waals surface area contributed by atoms with Crippen LogP contribution in [0.25, 0.3) is 0 Å². The van der Waals surface area contributed by atoms with Crippen LogP contribution in [0.15, 0.2) is 30.3 Å². The number of likely N-dealkylation sites (N-methyl/N-ethyl adjacent to an activating group) is 1. The summed E-state index contributed by atoms with van der Waals surface area (Å²) in [6.45, 7) is 6.19. The number of halogens is 1. The molecule has 0 saturated carbocycles. The lowest BCUT2D eigenvalue weighted by Gasteiger charge is -2.18. The predicted molar refractivity (Wildman–Crippen MR) is 89.0 cm³/mol. The zero-order valence-electron chi connectivity index (χ0n) is 13.1. The highest BCUT2D eigenvalue weighted by Crippen LogP contribution is 2.23. The van der Waals surface area contributed by atoms with E-state index in [1.807, 2.05) is 23.9 Å². The zero-order valence-corrected chi connectivity index (χ0v) is 13.8. The summed E-state index contributed by atoms with van der Waals surface area (Å²) in [6.07, 6.45) is 1.94. The second-order valence-corrected chi connectivity index (χ2v) is 5.80. The third-order valence-corrected chi connectivity index (χ3v) is 4.04. The van der Waals surface area contributed by atoms with Crippen LogP contribution < -0.4 is 5.32 Å². The van der Waals surface area contributed by atoms with Gasteiger partial charge in [-0.1, -0.05) is 37.6 Å². The fourth-order valence-electron chi connectivity index (χ4n) is 2.57. The van der Waals surface area contributed by atoms with E-state index in [9.17, 15) is 0 Å². The minimum Gasteiger partial charge on any atom is -0.316 e. The second kappa shape index (κ2) is 7.62. The first-order valence-corrected chi connectivity index (χ1v) is 7.99. The molecule has 0 saturated heterocycles. The Morgan fingerprint density at radius 1 is 1.29 bits per heavy atom. The van der Waals surface area contributed by atoms with Gasteiger partial charge in [0.05, 0.1) is 5.69 Å². The number of nitrogens with one attached hydrogen (secondary N) is 1. The molecule has 0 spiro atoms. The van der Waals surface area contributed by atoms with Gasteiger partial charge < -0.3 is 5.32 Å². The SMILES string of the molecule is CCNCC(Cc1cc(CC)nn1C)c1cccc(Cl)c1. The molecular weight excluding hydrogens is 282 g/mol. The van der Waals surface area contributed by atoms with Crippen LogP contribution in [0.3, 0.4) is 0 Å². The van der Waals surface area contributed by atoms with Gasteiger partial charge in [-0.25, -0.2) is 0 Å². The topological polar surface area (TPSA) is 29.9 Å². The molecule has 1 heterocycles. The Labute approximate surface area is 132 Å². The quantitative estimate of drug-likeness (QED) is 0.847. The monoisotopic (exact) mass is 305 g/mol. The summed E-state index contributed by atoms with van der Waals surface area (Å²) < 4.78 is 2.00. The van der Waals surface area contributed by atoms with Crippen molar-refractivity contribution < 1.29 is 0 Å². The Balaban J connectivity index is 2.21. The van der Waals surface area contributed by atoms with Crippen molar-refractivity contribution in [1.29, 1.82) is 0 Å². The first-order valence-electron chi connectivity index (χ1n) is 7.62. The van der Waals surface area contributed by atoms with Crippen molar-refractivity contribution >= 4 is 11.6 Å². The molecule has 3 nitrogen and oxygen atoms in total. The van der Waals surface area contributed by atoms with Gasteiger partial charge in [0.1, 0.15) is 0 Å². The maximum Gasteiger partial charge on any atom is 0.0624 e. The molecule has 1 aromatic heterocycles. The van der Waals surface area contributed by atoms with Gasteiger partial charge >= 0.3 is 0 Å². The molecule has 0 radical (unpaired) electrons. The molecule has 1 N–H and O–H groups in total. The number of nitrogens with zero attached hydrogens (tertiary/aromatic N) is 2. The van der Waals surface area contributed by atoms with Crippen molar-refractivity contribution in [2.24, 2.45) is 7.05 Å². The summed E-state index contributed by atoms with van der Waals surface area (Å²) >= 11 is 6.15. The van der Waals surface area contributed by atoms with Crippen LogP contribution in [0.5, 0.6) is 0 Å². The molecule has 2 rings (SSSR count). The fourth-order valence-corrected chi connectivity index (χ4v) is 2.77. The lowest BCUT2D eigenvalue weighted by atomic mass is 9.94. The Bertz CT molecular complexity index is 577. The molecule has 114 valence electrons. The number of rotatable bonds is 7. The summed E-state index contributed by atoms with van der Waals surface area (Å²) in [5.74, 6) is 0.406. The van der Waals surface area contributed by atoms with Gasteiger partial charge in [0.2, 0.25) is 0 Å². The average Bonchev–Trinajstić information content (AvgIpc) is 2.83. The summed E-state index contributed by atoms with van der Waals surface area (Å²) in [6, 6.07) is 10.4. The Morgan fingerprint density at radius 3 is 2.71 bits per heavy atom. The van der Waals surface area contributed by atoms with Gasteiger partial charge in [-0.2, -0.15) is 5.10 Å². The molecule has 4 heteroatoms. The maximum atomic E-state index is 6.15. The second-order valence-electron chi connectivity index (χ2n) is 5.37. The van der Waals surface area contributed by atoms with E-state index in [-0.39, 0.29) is 0 Å². The Kier molecular flexibility index (Phi) is 5.83. The van der Waals surface area contributed by atoms with E-state index in [1.165, 1.54) is 11.3 Å². The molecule has 0 fully saturated rings. The molecule has 1 unspecified atom stereocenters. The lowest BCUT2D eigenvalue weighted by molar-refractivity contribution is 0.570. The number of benzene rings is 1. The van der Waals surface area contributed by atoms with Gasteiger partial charge in [-0.15, -0.1) is 0 Å². The minimum absolute atomic E-state index is 0.406. The van der Waals surface area contributed by atoms with Gasteiger partial charge in [-0.3, -0.25) is 4.68 Å². The van der Waals surface area contributed by atoms with E-state index in [1.54, 1.807) is 0 Å². The molecule has 1 atom stereocenters. The van der Waals surface area contributed by atoms with E-state index >= 15 is 0 Å². The Morgan fingerprint density at radius 2 is 2.10 bits per heavy atom. The molecule has 0 amide bonds. The number of hydrogen-bond donors (Lipinski definition) is 1. The molecular formula is C17H24ClN3. The van der Waals surface area contributed by atoms with Gasteiger partial charge in [0.25, 0.3) is 0 Å². The zero-order chi connectivity index (χ0) is 15.2. The van der Waals surface area contributed by atoms with Crippen LogP contribution in [0, 0.1) is 0 Å². The first kappa shape index (κ1) is 16.1. The van der Waals surface area contributed by atoms with Crippen LogP contribution in [-0.4, -0.2) is 22.9 Å². The van der Waals surface area contributed by atoms with Crippen molar-refractivity contribution in [3.05, 3.63) is 52.3 Å². The smallest absolute Gasteiger partial charge is 0.0624 e. The number of aryl methyl sites for hydroxylation is 2. The van der Waals surface area contributed by atoms with E-state index < -0.39 is 0 Å². The van der Waals surface area contributed by atoms with Gasteiger partial charge in [0.15, 0.2) is 0 Å². The standard InChI is InChI=1S/C17H24ClN3/c1-4-16-11-17(21(3)20-16)10-14(12-19-5-2)13-7-6-8-15(18)9-13/h6-9,11,14,19H,4-5,10,12H2,1-3H3. The minimum atomic E-state index is 0.406. The van der Waals surface area contributed by atoms with Crippen molar-refractivity contribution in [2.45, 2.75) is 32.6 Å². The molecule has 0 bridgehead atoms. The normalized spacial score (nSPS) is 12.6. The van der Waals surface area contributed by atoms with E-state index in [0.29, 0.717) is 5.92 Å². The van der Waals surface area contributed by atoms with Crippen LogP contribution in [0.2, 0.25) is 5.02 Å². The van der Waals surface area contributed by atoms with Crippen LogP contribution in [0.1, 0.15) is 36.7 Å². The molecule has 0 aliphatic carbocycles. The van der Waals surface area contributed by atoms with Crippen LogP contribution >= 0.6 is 11.6 Å². The van der Waals surface area contributed by atoms with Crippen molar-refractivity contribution in [3.63, 3.8) is 0 Å². The summed E-state index contributed by atoms with van der Waals surface area (Å²) in [4.78, 5) is 0. The highest BCUT2D eigenvalue weighted by molar-refractivity contribution is 6.30. The predicted octanol–water partition coefficient (Wildman–Crippen LogP) is 3.57. The van der Waals surface area contributed by atoms with Crippen molar-refractivity contribution in [3.8, 4) is 0 Å². The molecule has 1 aromatic carbocycles. The van der Waals surface area contributed by atoms with Gasteiger partial charge in [0, 0.05) is 30.2 Å². The first-order chi connectivity index (χ1) is 10.1. The van der Waals surface area contributed by atoms with E-state index in [0.717, 1.165) is 36.6 Å². The van der Waals surface area contributed by atoms with Crippen molar-refractivity contribution in [2.75, 3.05) is 13.1 Å². The third kappa shape index (κ3) is 4.32. The third-order valence-electron chi connectivity index (χ3n) is 3.81. The largest absolute Gasteiger partial charge is 0.316 e. The molecule has 21 heavy (non-hydrogen) atoms. The number of aromatic nitrogens is 2. The van der Waals surface area contributed by atoms with E-state index in [2.05, 4.69) is 42.5 Å². The fraction of sp³-hybridized carbons (Fsp3) is 0.471. The number of hydrogen-bond acceptors (Lipinski definition) is 2. The highest BCUT2D eigenvalue weighted by Gasteiger charge is 2.15. The van der Waals surface area contributed by atoms with Crippen molar-refractivity contribution in [1.82, 2.24) is 15.1 Å². The summed E-state index contributed by atoms with van der Waals surface area (Å²) in [5, 5.41) is 8.80. The van der Waals surface area contributed by atoms with Crippen LogP contribution in [-0.2, 0) is 19.9 Å². The molecule has 2 aromatic rings. The van der Waals surface area contributed by atoms with E-state index in [4.69, 9.17) is 11.6 Å². The molecule has 0 aliphatic heterocycles. The average molecular weight is 306 g/mol. The summed E-state index contributed by atoms with van der Waals surface area (Å²) in [5.41, 5.74) is 3.71. The molecule has 0 aliphatic rings. The lowest BCUT2D eigenvalue weighted by Crippen LogP contribution is -2.23. The maximum absolute atomic E-state index is 6.15. The highest BCUT2D eigenvalue weighted by atomic mass is 35.5. The van der Waals surface area contributed by atoms with Gasteiger partial charge in [-0.05, 0) is 43.1 Å².